The summed E-state index contributed by atoms with van der Waals surface area (Å²) < 4.78 is 0. The highest BCUT2D eigenvalue weighted by Crippen LogP contribution is 2.38. The van der Waals surface area contributed by atoms with Gasteiger partial charge in [0.2, 0.25) is 5.91 Å². The first-order chi connectivity index (χ1) is 9.25. The van der Waals surface area contributed by atoms with Gasteiger partial charge in [-0.05, 0) is 29.3 Å². The van der Waals surface area contributed by atoms with Crippen LogP contribution < -0.4 is 5.32 Å². The quantitative estimate of drug-likeness (QED) is 0.904. The number of carbonyl (C=O) groups is 1. The van der Waals surface area contributed by atoms with Gasteiger partial charge in [0.25, 0.3) is 0 Å². The Morgan fingerprint density at radius 2 is 2.00 bits per heavy atom. The Hall–Kier alpha value is -1.61. The number of hydrogen-bond donors (Lipinski definition) is 1. The highest BCUT2D eigenvalue weighted by atomic mass is 32.1. The highest BCUT2D eigenvalue weighted by molar-refractivity contribution is 7.10. The van der Waals surface area contributed by atoms with Crippen LogP contribution in [0.15, 0.2) is 47.8 Å². The standard InChI is InChI=1S/C16H17NOS/c1-11-10-13(11)16(18)17-15(14-8-5-9-19-14)12-6-3-2-4-7-12/h2-9,11,13,15H,10H2,1H3,(H,17,18). The lowest BCUT2D eigenvalue weighted by Gasteiger charge is -2.18. The predicted octanol–water partition coefficient (Wildman–Crippen LogP) is 3.61. The van der Waals surface area contributed by atoms with Crippen molar-refractivity contribution in [2.45, 2.75) is 19.4 Å². The van der Waals surface area contributed by atoms with E-state index in [-0.39, 0.29) is 17.9 Å². The minimum absolute atomic E-state index is 0.0125. The van der Waals surface area contributed by atoms with Crippen molar-refractivity contribution < 1.29 is 4.79 Å². The first-order valence-corrected chi connectivity index (χ1v) is 7.52. The zero-order valence-corrected chi connectivity index (χ0v) is 11.7. The molecule has 3 rings (SSSR count). The van der Waals surface area contributed by atoms with Gasteiger partial charge in [-0.3, -0.25) is 4.79 Å². The fourth-order valence-corrected chi connectivity index (χ4v) is 3.16. The second kappa shape index (κ2) is 5.17. The molecule has 1 N–H and O–H groups in total. The molecule has 19 heavy (non-hydrogen) atoms. The molecule has 0 spiro atoms. The molecule has 1 aliphatic carbocycles. The zero-order valence-electron chi connectivity index (χ0n) is 10.9. The first kappa shape index (κ1) is 12.4. The molecule has 1 heterocycles. The number of rotatable bonds is 4. The van der Waals surface area contributed by atoms with Crippen LogP contribution in [0.25, 0.3) is 0 Å². The summed E-state index contributed by atoms with van der Waals surface area (Å²) in [7, 11) is 0. The van der Waals surface area contributed by atoms with Gasteiger partial charge in [-0.2, -0.15) is 0 Å². The van der Waals surface area contributed by atoms with E-state index in [4.69, 9.17) is 0 Å². The van der Waals surface area contributed by atoms with Crippen LogP contribution in [-0.4, -0.2) is 5.91 Å². The summed E-state index contributed by atoms with van der Waals surface area (Å²) in [4.78, 5) is 13.4. The number of benzene rings is 1. The molecule has 2 aromatic rings. The number of nitrogens with one attached hydrogen (secondary N) is 1. The number of amides is 1. The number of thiophene rings is 1. The first-order valence-electron chi connectivity index (χ1n) is 6.64. The Labute approximate surface area is 117 Å². The van der Waals surface area contributed by atoms with Gasteiger partial charge in [0.15, 0.2) is 0 Å². The van der Waals surface area contributed by atoms with Crippen molar-refractivity contribution in [1.82, 2.24) is 5.32 Å². The van der Waals surface area contributed by atoms with Crippen molar-refractivity contribution in [2.24, 2.45) is 11.8 Å². The smallest absolute Gasteiger partial charge is 0.224 e. The van der Waals surface area contributed by atoms with Crippen molar-refractivity contribution >= 4 is 17.2 Å². The fourth-order valence-electron chi connectivity index (χ4n) is 2.36. The number of carbonyl (C=O) groups excluding carboxylic acids is 1. The molecule has 1 amide bonds. The topological polar surface area (TPSA) is 29.1 Å². The van der Waals surface area contributed by atoms with Crippen LogP contribution in [0.1, 0.15) is 29.8 Å². The average molecular weight is 271 g/mol. The molecule has 98 valence electrons. The maximum absolute atomic E-state index is 12.2. The van der Waals surface area contributed by atoms with Crippen LogP contribution in [0.4, 0.5) is 0 Å². The third-order valence-corrected chi connectivity index (χ3v) is 4.63. The van der Waals surface area contributed by atoms with E-state index in [1.54, 1.807) is 11.3 Å². The summed E-state index contributed by atoms with van der Waals surface area (Å²) in [6, 6.07) is 14.3. The molecule has 1 aliphatic rings. The molecule has 3 unspecified atom stereocenters. The van der Waals surface area contributed by atoms with Gasteiger partial charge in [-0.25, -0.2) is 0 Å². The van der Waals surface area contributed by atoms with Gasteiger partial charge in [-0.1, -0.05) is 43.3 Å². The van der Waals surface area contributed by atoms with Crippen LogP contribution in [0.2, 0.25) is 0 Å². The lowest BCUT2D eigenvalue weighted by molar-refractivity contribution is -0.123. The molecule has 2 nitrogen and oxygen atoms in total. The summed E-state index contributed by atoms with van der Waals surface area (Å²) in [5.74, 6) is 0.945. The van der Waals surface area contributed by atoms with Gasteiger partial charge in [0.05, 0.1) is 6.04 Å². The molecule has 3 atom stereocenters. The summed E-state index contributed by atoms with van der Waals surface area (Å²) in [6.45, 7) is 2.13. The monoisotopic (exact) mass is 271 g/mol. The Kier molecular flexibility index (Phi) is 3.38. The third kappa shape index (κ3) is 2.71. The second-order valence-electron chi connectivity index (χ2n) is 5.19. The summed E-state index contributed by atoms with van der Waals surface area (Å²) in [5.41, 5.74) is 1.15. The molecule has 0 radical (unpaired) electrons. The van der Waals surface area contributed by atoms with Gasteiger partial charge in [0.1, 0.15) is 0 Å². The predicted molar refractivity (Wildman–Crippen MR) is 78.0 cm³/mol. The molecule has 0 saturated heterocycles. The normalized spacial score (nSPS) is 22.8. The van der Waals surface area contributed by atoms with Crippen LogP contribution in [0.5, 0.6) is 0 Å². The highest BCUT2D eigenvalue weighted by Gasteiger charge is 2.40. The van der Waals surface area contributed by atoms with Gasteiger partial charge in [0, 0.05) is 10.8 Å². The lowest BCUT2D eigenvalue weighted by Crippen LogP contribution is -2.30. The van der Waals surface area contributed by atoms with E-state index in [9.17, 15) is 4.79 Å². The second-order valence-corrected chi connectivity index (χ2v) is 6.17. The van der Waals surface area contributed by atoms with E-state index in [2.05, 4.69) is 35.8 Å². The van der Waals surface area contributed by atoms with Gasteiger partial charge in [-0.15, -0.1) is 11.3 Å². The van der Waals surface area contributed by atoms with Crippen LogP contribution >= 0.6 is 11.3 Å². The molecule has 1 fully saturated rings. The van der Waals surface area contributed by atoms with Crippen molar-refractivity contribution in [3.63, 3.8) is 0 Å². The minimum atomic E-state index is -0.0125. The van der Waals surface area contributed by atoms with Crippen LogP contribution in [-0.2, 0) is 4.79 Å². The largest absolute Gasteiger partial charge is 0.344 e. The minimum Gasteiger partial charge on any atom is -0.344 e. The Balaban J connectivity index is 1.83. The molecule has 3 heteroatoms. The van der Waals surface area contributed by atoms with Crippen molar-refractivity contribution in [3.8, 4) is 0 Å². The number of hydrogen-bond acceptors (Lipinski definition) is 2. The van der Waals surface area contributed by atoms with E-state index in [0.717, 1.165) is 12.0 Å². The Morgan fingerprint density at radius 1 is 1.26 bits per heavy atom. The van der Waals surface area contributed by atoms with Crippen molar-refractivity contribution in [3.05, 3.63) is 58.3 Å². The molecular weight excluding hydrogens is 254 g/mol. The summed E-state index contributed by atoms with van der Waals surface area (Å²) in [5, 5.41) is 5.25. The SMILES string of the molecule is CC1CC1C(=O)NC(c1ccccc1)c1cccs1. The lowest BCUT2D eigenvalue weighted by atomic mass is 10.1. The Bertz CT molecular complexity index is 549. The van der Waals surface area contributed by atoms with E-state index >= 15 is 0 Å². The van der Waals surface area contributed by atoms with Crippen molar-refractivity contribution in [1.29, 1.82) is 0 Å². The summed E-state index contributed by atoms with van der Waals surface area (Å²) in [6.07, 6.45) is 1.03. The van der Waals surface area contributed by atoms with Gasteiger partial charge < -0.3 is 5.32 Å². The Morgan fingerprint density at radius 3 is 2.58 bits per heavy atom. The molecule has 0 aliphatic heterocycles. The van der Waals surface area contributed by atoms with E-state index in [0.29, 0.717) is 5.92 Å². The fraction of sp³-hybridized carbons (Fsp3) is 0.312. The van der Waals surface area contributed by atoms with Crippen LogP contribution in [0, 0.1) is 11.8 Å². The molecule has 1 aromatic heterocycles. The maximum atomic E-state index is 12.2. The third-order valence-electron chi connectivity index (χ3n) is 3.69. The van der Waals surface area contributed by atoms with Crippen LogP contribution in [0.3, 0.4) is 0 Å². The summed E-state index contributed by atoms with van der Waals surface area (Å²) >= 11 is 1.69. The van der Waals surface area contributed by atoms with E-state index in [1.807, 2.05) is 24.3 Å². The van der Waals surface area contributed by atoms with Crippen molar-refractivity contribution in [2.75, 3.05) is 0 Å². The zero-order chi connectivity index (χ0) is 13.2. The molecule has 1 aromatic carbocycles. The molecular formula is C16H17NOS. The molecule has 0 bridgehead atoms. The maximum Gasteiger partial charge on any atom is 0.224 e. The van der Waals surface area contributed by atoms with E-state index in [1.165, 1.54) is 4.88 Å². The average Bonchev–Trinajstić information content (AvgIpc) is 2.94. The van der Waals surface area contributed by atoms with E-state index < -0.39 is 0 Å². The molecule has 1 saturated carbocycles. The van der Waals surface area contributed by atoms with Gasteiger partial charge >= 0.3 is 0 Å².